The second-order valence-corrected chi connectivity index (χ2v) is 41.2. The zero-order chi connectivity index (χ0) is 95.2. The molecule has 6 bridgehead atoms. The first-order chi connectivity index (χ1) is 61.6. The third-order valence-corrected chi connectivity index (χ3v) is 27.1. The van der Waals surface area contributed by atoms with Crippen LogP contribution in [-0.4, -0.2) is 210 Å². The smallest absolute Gasteiger partial charge is 0.329 e. The minimum Gasteiger partial charge on any atom is -0.497 e. The average Bonchev–Trinajstić information content (AvgIpc) is 1.74. The monoisotopic (exact) mass is 1830 g/mol. The number of carboxylic acid groups (broad SMARTS) is 2. The van der Waals surface area contributed by atoms with E-state index >= 15 is 17.6 Å². The molecule has 0 radical (unpaired) electrons. The summed E-state index contributed by atoms with van der Waals surface area (Å²) in [5.74, 6) is -11.8. The molecule has 2 N–H and O–H groups in total. The lowest BCUT2D eigenvalue weighted by Gasteiger charge is -2.35. The van der Waals surface area contributed by atoms with E-state index in [1.807, 2.05) is 69.2 Å². The van der Waals surface area contributed by atoms with Crippen molar-refractivity contribution in [1.29, 1.82) is 0 Å². The summed E-state index contributed by atoms with van der Waals surface area (Å²) in [6.07, 6.45) is 1.37. The van der Waals surface area contributed by atoms with Crippen molar-refractivity contribution in [2.75, 3.05) is 41.0 Å². The molecule has 6 aliphatic heterocycles. The van der Waals surface area contributed by atoms with Crippen LogP contribution in [0.25, 0.3) is 33.1 Å². The van der Waals surface area contributed by atoms with Gasteiger partial charge in [-0.25, -0.2) is 53.1 Å². The quantitative estimate of drug-likeness (QED) is 0.0888. The van der Waals surface area contributed by atoms with Crippen molar-refractivity contribution in [3.8, 4) is 34.9 Å². The number of hydrogen-bond donors (Lipinski definition) is 2. The van der Waals surface area contributed by atoms with Crippen molar-refractivity contribution in [1.82, 2.24) is 44.6 Å². The number of methoxy groups -OCH3 is 3. The van der Waals surface area contributed by atoms with Crippen molar-refractivity contribution >= 4 is 86.6 Å². The van der Waals surface area contributed by atoms with Gasteiger partial charge in [0.15, 0.2) is 5.69 Å². The number of nitrogens with zero attached hydrogens (tertiary/aromatic N) is 9. The van der Waals surface area contributed by atoms with Crippen LogP contribution in [0.1, 0.15) is 249 Å². The molecule has 9 aliphatic rings. The SMILES string of the molecule is COc1ccc2nc3c(nc2c1)O[C@H]1CN(C(=O)[C@H](C(C)(C)C)CC(=O)O[C@@H]2C[C@H]2CCCCC3(F)F)[C@H](C(=O)O)[C@@H]1C.COc1ccc2nc3c(nc2c1)O[C@H]1CN(C(=O)[C@H](C(C)(C)C)CC(=O)O[C@@H]2C[C@H]2CCCCC3F)[C@H](C(=O)O)[C@@H]1C.COc1ccc2nc3c(nc2c1)O[C@H]1CN(C(=O)[C@H](C(C)(C)C)CC(=O)O[C@@H]2C[C@H]2CCCCC3F)[C@H](C(=O)OC(C)(C)C)[C@@H]1C. The van der Waals surface area contributed by atoms with Crippen LogP contribution in [0.3, 0.4) is 0 Å². The van der Waals surface area contributed by atoms with Gasteiger partial charge in [0.05, 0.1) is 111 Å². The Kier molecular flexibility index (Phi) is 29.4. The van der Waals surface area contributed by atoms with Gasteiger partial charge in [0.25, 0.3) is 5.92 Å². The van der Waals surface area contributed by atoms with Gasteiger partial charge in [-0.05, 0) is 149 Å². The van der Waals surface area contributed by atoms with Crippen LogP contribution < -0.4 is 28.4 Å². The van der Waals surface area contributed by atoms with E-state index in [4.69, 9.17) is 52.4 Å². The van der Waals surface area contributed by atoms with Gasteiger partial charge in [0.1, 0.15) is 101 Å². The van der Waals surface area contributed by atoms with Gasteiger partial charge in [0, 0.05) is 42.4 Å². The summed E-state index contributed by atoms with van der Waals surface area (Å²) >= 11 is 0. The van der Waals surface area contributed by atoms with Crippen molar-refractivity contribution in [2.45, 2.75) is 298 Å². The first-order valence-corrected chi connectivity index (χ1v) is 46.0. The largest absolute Gasteiger partial charge is 0.497 e. The van der Waals surface area contributed by atoms with Gasteiger partial charge in [-0.1, -0.05) is 115 Å². The van der Waals surface area contributed by atoms with E-state index in [0.717, 1.165) is 38.5 Å². The standard InChI is InChI=1S/C35H48FN3O7.C31H39F2N3O7.C31H40FN3O7/c1-19-27-18-39(30(19)33(42)46-35(5,6)7)32(41)22(34(2,3)4)17-28(40)44-26-15-20(26)11-9-10-12-23(36)29-31(45-27)38-25-16-21(43-8)13-14-24(25)37-29;1-16-23-15-36(25(16)29(39)40)28(38)19(30(2,3)4)14-24(37)42-22-12-17(22)8-6-7-11-31(32,33)26-27(43-23)35-21-13-18(41-5)9-10-20(21)34-26;1-16-24-15-35(27(16)30(38)39)29(37)19(31(2,3)4)14-25(36)41-23-12-17(23)8-6-7-9-20(32)26-28(42-24)34-22-13-18(40-5)10-11-21(22)33-26/h13-14,16,19-20,22-23,26-27,30H,9-12,15,17-18H2,1-8H3;9-10,13,16-17,19,22-23,25H,6-8,11-12,14-15H2,1-5H3,(H,39,40);10-11,13,16-17,19-20,23-24,27H,6-9,12,14-15H2,1-5H3,(H,38,39)/t19-,20-,22-,23?,26-,27+,30+;16-,17-,19-,22-,23+,25+;16-,17-,19-,20?,23-,24+,27+/m111/s1. The summed E-state index contributed by atoms with van der Waals surface area (Å²) in [5.41, 5.74) is -0.797. The third kappa shape index (κ3) is 23.0. The first-order valence-electron chi connectivity index (χ1n) is 46.0. The molecule has 30 nitrogen and oxygen atoms in total. The van der Waals surface area contributed by atoms with Gasteiger partial charge < -0.3 is 72.3 Å². The van der Waals surface area contributed by atoms with E-state index in [1.165, 1.54) is 28.9 Å². The summed E-state index contributed by atoms with van der Waals surface area (Å²) in [5, 5.41) is 20.4. The molecule has 15 rings (SSSR count). The molecule has 34 heteroatoms. The fourth-order valence-corrected chi connectivity index (χ4v) is 18.9. The van der Waals surface area contributed by atoms with Crippen molar-refractivity contribution in [3.05, 3.63) is 71.7 Å². The number of ether oxygens (including phenoxy) is 10. The maximum atomic E-state index is 16.0. The van der Waals surface area contributed by atoms with E-state index in [0.29, 0.717) is 71.4 Å². The molecular weight excluding hydrogens is 1700 g/mol. The number of aliphatic carboxylic acids is 2. The number of amides is 3. The Labute approximate surface area is 761 Å². The van der Waals surface area contributed by atoms with Crippen molar-refractivity contribution < 1.29 is 118 Å². The summed E-state index contributed by atoms with van der Waals surface area (Å²) < 4.78 is 121. The molecule has 3 aliphatic carbocycles. The Bertz CT molecular complexity index is 5250. The lowest BCUT2D eigenvalue weighted by molar-refractivity contribution is -0.166. The van der Waals surface area contributed by atoms with Crippen LogP contribution in [0.2, 0.25) is 0 Å². The molecule has 0 spiro atoms. The highest BCUT2D eigenvalue weighted by Gasteiger charge is 2.57. The number of esters is 4. The number of halogens is 4. The molecule has 2 unspecified atom stereocenters. The molecule has 3 saturated carbocycles. The van der Waals surface area contributed by atoms with E-state index < -0.39 is 178 Å². The Morgan fingerprint density at radius 1 is 0.412 bits per heavy atom. The van der Waals surface area contributed by atoms with Crippen molar-refractivity contribution in [3.63, 3.8) is 0 Å². The number of carboxylic acids is 2. The predicted molar refractivity (Wildman–Crippen MR) is 470 cm³/mol. The Morgan fingerprint density at radius 3 is 1.06 bits per heavy atom. The number of carbonyl (C=O) groups is 9. The van der Waals surface area contributed by atoms with Gasteiger partial charge in [-0.3, -0.25) is 28.8 Å². The van der Waals surface area contributed by atoms with Gasteiger partial charge >= 0.3 is 35.8 Å². The van der Waals surface area contributed by atoms with Gasteiger partial charge in [-0.15, -0.1) is 0 Å². The summed E-state index contributed by atoms with van der Waals surface area (Å²) in [6.45, 7) is 26.9. The number of alkyl halides is 4. The molecule has 3 aromatic heterocycles. The van der Waals surface area contributed by atoms with E-state index in [-0.39, 0.29) is 134 Å². The molecular formula is C97H127F4N9O21. The Morgan fingerprint density at radius 2 is 0.725 bits per heavy atom. The third-order valence-electron chi connectivity index (χ3n) is 27.1. The molecule has 6 aromatic rings. The van der Waals surface area contributed by atoms with Crippen LogP contribution in [-0.2, 0) is 68.0 Å². The van der Waals surface area contributed by atoms with Crippen LogP contribution >= 0.6 is 0 Å². The van der Waals surface area contributed by atoms with Crippen molar-refractivity contribution in [2.24, 2.45) is 69.5 Å². The summed E-state index contributed by atoms with van der Waals surface area (Å²) in [6, 6.07) is 11.5. The minimum atomic E-state index is -3.39. The maximum Gasteiger partial charge on any atom is 0.329 e. The highest BCUT2D eigenvalue weighted by Crippen LogP contribution is 2.49. The molecule has 3 amide bonds. The molecule has 3 aromatic carbocycles. The summed E-state index contributed by atoms with van der Waals surface area (Å²) in [7, 11) is 4.55. The zero-order valence-electron chi connectivity index (χ0n) is 78.3. The van der Waals surface area contributed by atoms with E-state index in [1.54, 1.807) is 96.3 Å². The Hall–Kier alpha value is -10.6. The molecule has 6 fully saturated rings. The average molecular weight is 1830 g/mol. The molecule has 714 valence electrons. The number of carbonyl (C=O) groups excluding carboxylic acids is 7. The second-order valence-electron chi connectivity index (χ2n) is 41.2. The highest BCUT2D eigenvalue weighted by atomic mass is 19.3. The second kappa shape index (κ2) is 39.3. The first kappa shape index (κ1) is 97.9. The number of rotatable bonds is 6. The maximum absolute atomic E-state index is 16.0. The normalized spacial score (nSPS) is 30.0. The fraction of sp³-hybridized carbons (Fsp3) is 0.660. The zero-order valence-corrected chi connectivity index (χ0v) is 78.3. The number of benzene rings is 3. The van der Waals surface area contributed by atoms with Crippen LogP contribution in [0.15, 0.2) is 54.6 Å². The lowest BCUT2D eigenvalue weighted by Crippen LogP contribution is -2.50. The number of fused-ring (bicyclic) bond motifs is 15. The highest BCUT2D eigenvalue weighted by molar-refractivity contribution is 5.92. The Balaban J connectivity index is 0.000000167. The predicted octanol–water partition coefficient (Wildman–Crippen LogP) is 16.0. The molecule has 131 heavy (non-hydrogen) atoms. The molecule has 9 heterocycles. The van der Waals surface area contributed by atoms with Crippen LogP contribution in [0.5, 0.6) is 34.9 Å². The molecule has 3 saturated heterocycles. The lowest BCUT2D eigenvalue weighted by atomic mass is 9.77. The van der Waals surface area contributed by atoms with Gasteiger partial charge in [0.2, 0.25) is 35.4 Å². The topological polar surface area (TPSA) is 373 Å². The fourth-order valence-electron chi connectivity index (χ4n) is 18.9. The van der Waals surface area contributed by atoms with Gasteiger partial charge in [-0.2, -0.15) is 8.78 Å². The molecule has 20 atom stereocenters. The van der Waals surface area contributed by atoms with Crippen LogP contribution in [0, 0.1) is 69.5 Å². The number of hydrogen-bond acceptors (Lipinski definition) is 25. The minimum absolute atomic E-state index is 0.0159. The van der Waals surface area contributed by atoms with E-state index in [2.05, 4.69) is 24.9 Å². The summed E-state index contributed by atoms with van der Waals surface area (Å²) in [4.78, 5) is 151. The van der Waals surface area contributed by atoms with E-state index in [9.17, 15) is 53.4 Å². The van der Waals surface area contributed by atoms with Crippen LogP contribution in [0.4, 0.5) is 17.6 Å². The number of aromatic nitrogens is 6.